The largest absolute Gasteiger partial charge is 0.301 e. The molecule has 2 aromatic rings. The minimum Gasteiger partial charge on any atom is -0.301 e. The highest BCUT2D eigenvalue weighted by Crippen LogP contribution is 2.25. The molecule has 0 fully saturated rings. The Morgan fingerprint density at radius 2 is 2.11 bits per heavy atom. The zero-order valence-electron chi connectivity index (χ0n) is 11.3. The fourth-order valence-electron chi connectivity index (χ4n) is 1.68. The number of carbonyl (C=O) groups is 1. The number of carbonyl (C=O) groups excluding carboxylic acids is 1. The van der Waals surface area contributed by atoms with E-state index in [1.165, 1.54) is 10.1 Å². The maximum atomic E-state index is 11.5. The number of hydrogen-bond donors (Lipinski definition) is 1. The van der Waals surface area contributed by atoms with Gasteiger partial charge in [-0.2, -0.15) is 5.10 Å². The quantitative estimate of drug-likeness (QED) is 0.687. The Morgan fingerprint density at radius 3 is 2.79 bits per heavy atom. The number of fused-ring (bicyclic) bond motifs is 1. The molecule has 2 rings (SSSR count). The van der Waals surface area contributed by atoms with Crippen molar-refractivity contribution in [3.8, 4) is 0 Å². The maximum absolute atomic E-state index is 11.5. The van der Waals surface area contributed by atoms with Gasteiger partial charge in [-0.3, -0.25) is 4.79 Å². The van der Waals surface area contributed by atoms with Crippen LogP contribution in [0, 0.1) is 0 Å². The van der Waals surface area contributed by atoms with Crippen molar-refractivity contribution in [1.82, 2.24) is 10.3 Å². The second-order valence-corrected chi connectivity index (χ2v) is 5.70. The van der Waals surface area contributed by atoms with E-state index in [0.29, 0.717) is 6.54 Å². The molecule has 1 aromatic carbocycles. The Hall–Kier alpha value is -1.72. The fraction of sp³-hybridized carbons (Fsp3) is 0.286. The first-order chi connectivity index (χ1) is 9.06. The first kappa shape index (κ1) is 13.7. The van der Waals surface area contributed by atoms with E-state index in [4.69, 9.17) is 0 Å². The summed E-state index contributed by atoms with van der Waals surface area (Å²) in [6.07, 6.45) is 0. The van der Waals surface area contributed by atoms with Crippen LogP contribution in [0.4, 0.5) is 0 Å². The lowest BCUT2D eigenvalue weighted by atomic mass is 10.2. The second kappa shape index (κ2) is 5.95. The third-order valence-corrected chi connectivity index (χ3v) is 3.82. The van der Waals surface area contributed by atoms with Crippen molar-refractivity contribution >= 4 is 33.0 Å². The highest BCUT2D eigenvalue weighted by atomic mass is 32.1. The maximum Gasteiger partial charge on any atom is 0.254 e. The number of likely N-dealkylation sites (N-methyl/N-ethyl adjacent to an activating group) is 1. The number of hydrogen-bond acceptors (Lipinski definition) is 4. The predicted octanol–water partition coefficient (Wildman–Crippen LogP) is 2.30. The molecule has 1 amide bonds. The van der Waals surface area contributed by atoms with Crippen molar-refractivity contribution in [3.63, 3.8) is 0 Å². The molecule has 0 saturated heterocycles. The lowest BCUT2D eigenvalue weighted by Gasteiger charge is -2.07. The molecule has 100 valence electrons. The van der Waals surface area contributed by atoms with E-state index in [-0.39, 0.29) is 5.91 Å². The SMILES string of the molecule is C/C(=N\NC(=O)CN(C)C)c1cc2ccccc2s1. The van der Waals surface area contributed by atoms with Crippen molar-refractivity contribution in [1.29, 1.82) is 0 Å². The molecule has 0 aliphatic carbocycles. The summed E-state index contributed by atoms with van der Waals surface area (Å²) in [6, 6.07) is 10.3. The normalized spacial score (nSPS) is 12.1. The van der Waals surface area contributed by atoms with Crippen LogP contribution < -0.4 is 5.43 Å². The highest BCUT2D eigenvalue weighted by molar-refractivity contribution is 7.20. The zero-order chi connectivity index (χ0) is 13.8. The summed E-state index contributed by atoms with van der Waals surface area (Å²) in [7, 11) is 3.70. The van der Waals surface area contributed by atoms with E-state index in [0.717, 1.165) is 10.6 Å². The summed E-state index contributed by atoms with van der Waals surface area (Å²) < 4.78 is 1.23. The molecule has 0 radical (unpaired) electrons. The standard InChI is InChI=1S/C14H17N3OS/c1-10(15-16-14(18)9-17(2)3)13-8-11-6-4-5-7-12(11)19-13/h4-8H,9H2,1-3H3,(H,16,18)/b15-10+. The van der Waals surface area contributed by atoms with Crippen molar-refractivity contribution in [3.05, 3.63) is 35.2 Å². The van der Waals surface area contributed by atoms with E-state index in [1.807, 2.05) is 33.2 Å². The molecule has 0 spiro atoms. The predicted molar refractivity (Wildman–Crippen MR) is 80.7 cm³/mol. The molecule has 0 saturated carbocycles. The highest BCUT2D eigenvalue weighted by Gasteiger charge is 2.05. The monoisotopic (exact) mass is 275 g/mol. The fourth-order valence-corrected chi connectivity index (χ4v) is 2.69. The molecular weight excluding hydrogens is 258 g/mol. The molecule has 1 aromatic heterocycles. The van der Waals surface area contributed by atoms with Crippen LogP contribution in [-0.4, -0.2) is 37.2 Å². The molecule has 0 aliphatic heterocycles. The van der Waals surface area contributed by atoms with Crippen LogP contribution in [0.5, 0.6) is 0 Å². The average molecular weight is 275 g/mol. The molecule has 1 heterocycles. The van der Waals surface area contributed by atoms with Gasteiger partial charge in [0.05, 0.1) is 17.1 Å². The summed E-state index contributed by atoms with van der Waals surface area (Å²) >= 11 is 1.68. The number of thiophene rings is 1. The smallest absolute Gasteiger partial charge is 0.254 e. The van der Waals surface area contributed by atoms with Gasteiger partial charge in [-0.05, 0) is 38.5 Å². The first-order valence-electron chi connectivity index (χ1n) is 6.03. The molecule has 5 heteroatoms. The molecule has 4 nitrogen and oxygen atoms in total. The van der Waals surface area contributed by atoms with Crippen LogP contribution >= 0.6 is 11.3 Å². The van der Waals surface area contributed by atoms with Gasteiger partial charge in [0.25, 0.3) is 5.91 Å². The summed E-state index contributed by atoms with van der Waals surface area (Å²) in [5.41, 5.74) is 3.40. The van der Waals surface area contributed by atoms with Crippen LogP contribution in [0.2, 0.25) is 0 Å². The Kier molecular flexibility index (Phi) is 4.29. The minimum absolute atomic E-state index is 0.106. The zero-order valence-corrected chi connectivity index (χ0v) is 12.1. The first-order valence-corrected chi connectivity index (χ1v) is 6.84. The van der Waals surface area contributed by atoms with E-state index in [2.05, 4.69) is 28.7 Å². The van der Waals surface area contributed by atoms with E-state index >= 15 is 0 Å². The van der Waals surface area contributed by atoms with Crippen LogP contribution in [-0.2, 0) is 4.79 Å². The molecular formula is C14H17N3OS. The van der Waals surface area contributed by atoms with Crippen LogP contribution in [0.25, 0.3) is 10.1 Å². The number of benzene rings is 1. The lowest BCUT2D eigenvalue weighted by molar-refractivity contribution is -0.121. The number of hydrazone groups is 1. The van der Waals surface area contributed by atoms with Gasteiger partial charge in [0.15, 0.2) is 0 Å². The van der Waals surface area contributed by atoms with Gasteiger partial charge in [-0.15, -0.1) is 11.3 Å². The van der Waals surface area contributed by atoms with Gasteiger partial charge in [-0.25, -0.2) is 5.43 Å². The van der Waals surface area contributed by atoms with Crippen molar-refractivity contribution in [2.75, 3.05) is 20.6 Å². The minimum atomic E-state index is -0.106. The molecule has 0 atom stereocenters. The summed E-state index contributed by atoms with van der Waals surface area (Å²) in [4.78, 5) is 14.4. The number of nitrogens with zero attached hydrogens (tertiary/aromatic N) is 2. The van der Waals surface area contributed by atoms with E-state index < -0.39 is 0 Å². The Bertz CT molecular complexity index is 583. The average Bonchev–Trinajstić information content (AvgIpc) is 2.78. The Labute approximate surface area is 116 Å². The van der Waals surface area contributed by atoms with Gasteiger partial charge in [0.1, 0.15) is 0 Å². The van der Waals surface area contributed by atoms with Crippen molar-refractivity contribution < 1.29 is 4.79 Å². The van der Waals surface area contributed by atoms with E-state index in [9.17, 15) is 4.79 Å². The summed E-state index contributed by atoms with van der Waals surface area (Å²) in [5.74, 6) is -0.106. The third kappa shape index (κ3) is 3.62. The number of rotatable bonds is 4. The van der Waals surface area contributed by atoms with E-state index in [1.54, 1.807) is 16.2 Å². The molecule has 19 heavy (non-hydrogen) atoms. The van der Waals surface area contributed by atoms with Crippen LogP contribution in [0.3, 0.4) is 0 Å². The molecule has 0 bridgehead atoms. The van der Waals surface area contributed by atoms with Crippen molar-refractivity contribution in [2.24, 2.45) is 5.10 Å². The topological polar surface area (TPSA) is 44.7 Å². The van der Waals surface area contributed by atoms with Gasteiger partial charge in [0.2, 0.25) is 0 Å². The van der Waals surface area contributed by atoms with Gasteiger partial charge in [0, 0.05) is 4.70 Å². The van der Waals surface area contributed by atoms with Crippen molar-refractivity contribution in [2.45, 2.75) is 6.92 Å². The van der Waals surface area contributed by atoms with Gasteiger partial charge >= 0.3 is 0 Å². The van der Waals surface area contributed by atoms with Gasteiger partial charge < -0.3 is 4.90 Å². The molecule has 0 unspecified atom stereocenters. The number of nitrogens with one attached hydrogen (secondary N) is 1. The second-order valence-electron chi connectivity index (χ2n) is 4.62. The molecule has 0 aliphatic rings. The Morgan fingerprint density at radius 1 is 1.37 bits per heavy atom. The van der Waals surface area contributed by atoms with Crippen LogP contribution in [0.1, 0.15) is 11.8 Å². The Balaban J connectivity index is 2.10. The molecule has 1 N–H and O–H groups in total. The summed E-state index contributed by atoms with van der Waals surface area (Å²) in [5, 5.41) is 5.35. The lowest BCUT2D eigenvalue weighted by Crippen LogP contribution is -2.30. The van der Waals surface area contributed by atoms with Gasteiger partial charge in [-0.1, -0.05) is 18.2 Å². The number of amides is 1. The third-order valence-electron chi connectivity index (χ3n) is 2.59. The van der Waals surface area contributed by atoms with Crippen LogP contribution in [0.15, 0.2) is 35.4 Å². The summed E-state index contributed by atoms with van der Waals surface area (Å²) in [6.45, 7) is 2.24.